The first-order valence-electron chi connectivity index (χ1n) is 9.97. The van der Waals surface area contributed by atoms with E-state index >= 15 is 0 Å². The lowest BCUT2D eigenvalue weighted by Crippen LogP contribution is -2.51. The van der Waals surface area contributed by atoms with Crippen molar-refractivity contribution in [2.24, 2.45) is 0 Å². The molecule has 1 aromatic heterocycles. The van der Waals surface area contributed by atoms with E-state index in [1.165, 1.54) is 12.8 Å². The highest BCUT2D eigenvalue weighted by atomic mass is 16.5. The van der Waals surface area contributed by atoms with Gasteiger partial charge in [-0.3, -0.25) is 9.48 Å². The third-order valence-corrected chi connectivity index (χ3v) is 5.56. The van der Waals surface area contributed by atoms with Gasteiger partial charge in [0.1, 0.15) is 0 Å². The minimum atomic E-state index is -0.0225. The van der Waals surface area contributed by atoms with Gasteiger partial charge in [-0.1, -0.05) is 30.3 Å². The van der Waals surface area contributed by atoms with Crippen molar-refractivity contribution in [3.63, 3.8) is 0 Å². The van der Waals surface area contributed by atoms with E-state index in [0.29, 0.717) is 26.1 Å². The number of likely N-dealkylation sites (tertiary alicyclic amines) is 1. The predicted molar refractivity (Wildman–Crippen MR) is 103 cm³/mol. The van der Waals surface area contributed by atoms with Crippen molar-refractivity contribution in [1.29, 1.82) is 0 Å². The first kappa shape index (κ1) is 18.2. The zero-order valence-electron chi connectivity index (χ0n) is 15.7. The quantitative estimate of drug-likeness (QED) is 0.785. The molecule has 1 amide bonds. The number of aryl methyl sites for hydroxylation is 1. The first-order chi connectivity index (χ1) is 13.3. The normalized spacial score (nSPS) is 23.6. The number of morpholine rings is 1. The summed E-state index contributed by atoms with van der Waals surface area (Å²) in [6, 6.07) is 12.2. The van der Waals surface area contributed by atoms with Gasteiger partial charge in [-0.25, -0.2) is 0 Å². The number of carbonyl (C=O) groups excluding carboxylic acids is 1. The van der Waals surface area contributed by atoms with Crippen LogP contribution >= 0.6 is 0 Å². The molecule has 1 aromatic carbocycles. The van der Waals surface area contributed by atoms with Crippen LogP contribution in [0.1, 0.15) is 30.9 Å². The van der Waals surface area contributed by atoms with Crippen LogP contribution < -0.4 is 0 Å². The lowest BCUT2D eigenvalue weighted by molar-refractivity contribution is -0.148. The first-order valence-corrected chi connectivity index (χ1v) is 9.97. The summed E-state index contributed by atoms with van der Waals surface area (Å²) in [5.41, 5.74) is 1.16. The molecule has 4 rings (SSSR count). The van der Waals surface area contributed by atoms with Gasteiger partial charge in [-0.05, 0) is 37.6 Å². The molecule has 0 radical (unpaired) electrons. The molecule has 2 aliphatic heterocycles. The van der Waals surface area contributed by atoms with E-state index in [0.717, 1.165) is 25.2 Å². The van der Waals surface area contributed by atoms with Gasteiger partial charge in [0.25, 0.3) is 0 Å². The monoisotopic (exact) mass is 368 g/mol. The van der Waals surface area contributed by atoms with E-state index in [9.17, 15) is 4.79 Å². The number of amides is 1. The molecule has 2 aliphatic rings. The van der Waals surface area contributed by atoms with Crippen LogP contribution in [0.5, 0.6) is 0 Å². The molecule has 0 N–H and O–H groups in total. The zero-order chi connectivity index (χ0) is 18.5. The molecule has 2 fully saturated rings. The van der Waals surface area contributed by atoms with Crippen LogP contribution in [0.15, 0.2) is 48.8 Å². The summed E-state index contributed by atoms with van der Waals surface area (Å²) in [5, 5.41) is 4.21. The standard InChI is InChI=1S/C21H28N4O2/c26-20(9-14-24-13-6-10-22-24)25-15-16-27-19(17-23-11-4-5-12-23)21(25)18-7-2-1-3-8-18/h1-3,6-8,10,13,19,21H,4-5,9,11-12,14-17H2/t19-,21-/m0/s1. The van der Waals surface area contributed by atoms with Gasteiger partial charge in [0, 0.05) is 38.4 Å². The Bertz CT molecular complexity index is 713. The highest BCUT2D eigenvalue weighted by Gasteiger charge is 2.37. The van der Waals surface area contributed by atoms with Crippen molar-refractivity contribution in [1.82, 2.24) is 19.6 Å². The molecule has 144 valence electrons. The van der Waals surface area contributed by atoms with E-state index in [4.69, 9.17) is 4.74 Å². The number of hydrogen-bond donors (Lipinski definition) is 0. The number of rotatable bonds is 6. The molecule has 6 heteroatoms. The molecule has 2 saturated heterocycles. The van der Waals surface area contributed by atoms with Gasteiger partial charge in [0.2, 0.25) is 5.91 Å². The lowest BCUT2D eigenvalue weighted by Gasteiger charge is -2.43. The van der Waals surface area contributed by atoms with Gasteiger partial charge in [0.05, 0.1) is 18.8 Å². The van der Waals surface area contributed by atoms with E-state index < -0.39 is 0 Å². The van der Waals surface area contributed by atoms with Crippen LogP contribution in [0.4, 0.5) is 0 Å². The maximum absolute atomic E-state index is 13.1. The van der Waals surface area contributed by atoms with Gasteiger partial charge in [0.15, 0.2) is 0 Å². The molecule has 2 atom stereocenters. The second-order valence-corrected chi connectivity index (χ2v) is 7.38. The molecule has 0 aliphatic carbocycles. The number of ether oxygens (including phenoxy) is 1. The van der Waals surface area contributed by atoms with Crippen LogP contribution in [-0.2, 0) is 16.1 Å². The van der Waals surface area contributed by atoms with Crippen LogP contribution in [-0.4, -0.2) is 64.4 Å². The minimum Gasteiger partial charge on any atom is -0.373 e. The van der Waals surface area contributed by atoms with E-state index in [1.54, 1.807) is 6.20 Å². The van der Waals surface area contributed by atoms with E-state index in [2.05, 4.69) is 22.1 Å². The zero-order valence-corrected chi connectivity index (χ0v) is 15.7. The molecule has 0 saturated carbocycles. The summed E-state index contributed by atoms with van der Waals surface area (Å²) in [6.07, 6.45) is 6.65. The molecule has 3 heterocycles. The van der Waals surface area contributed by atoms with E-state index in [-0.39, 0.29) is 18.1 Å². The summed E-state index contributed by atoms with van der Waals surface area (Å²) >= 11 is 0. The van der Waals surface area contributed by atoms with Crippen molar-refractivity contribution in [3.8, 4) is 0 Å². The molecular formula is C21H28N4O2. The maximum atomic E-state index is 13.1. The number of nitrogens with zero attached hydrogens (tertiary/aromatic N) is 4. The fourth-order valence-electron chi connectivity index (χ4n) is 4.22. The molecule has 0 bridgehead atoms. The summed E-state index contributed by atoms with van der Waals surface area (Å²) in [5.74, 6) is 0.175. The number of hydrogen-bond acceptors (Lipinski definition) is 4. The average Bonchev–Trinajstić information content (AvgIpc) is 3.41. The molecule has 2 aromatic rings. The van der Waals surface area contributed by atoms with E-state index in [1.807, 2.05) is 40.0 Å². The Morgan fingerprint density at radius 3 is 2.67 bits per heavy atom. The third kappa shape index (κ3) is 4.39. The Kier molecular flexibility index (Phi) is 5.84. The van der Waals surface area contributed by atoms with Crippen molar-refractivity contribution >= 4 is 5.91 Å². The highest BCUT2D eigenvalue weighted by molar-refractivity contribution is 5.77. The van der Waals surface area contributed by atoms with Crippen LogP contribution in [0.25, 0.3) is 0 Å². The predicted octanol–water partition coefficient (Wildman–Crippen LogP) is 2.34. The Labute approximate surface area is 160 Å². The maximum Gasteiger partial charge on any atom is 0.225 e. The van der Waals surface area contributed by atoms with Crippen LogP contribution in [0.2, 0.25) is 0 Å². The highest BCUT2D eigenvalue weighted by Crippen LogP contribution is 2.31. The molecule has 0 spiro atoms. The van der Waals surface area contributed by atoms with Crippen molar-refractivity contribution in [2.75, 3.05) is 32.8 Å². The SMILES string of the molecule is O=C(CCn1cccn1)N1CCO[C@@H](CN2CCCC2)[C@@H]1c1ccccc1. The number of carbonyl (C=O) groups is 1. The van der Waals surface area contributed by atoms with Gasteiger partial charge in [-0.2, -0.15) is 5.10 Å². The molecular weight excluding hydrogens is 340 g/mol. The second-order valence-electron chi connectivity index (χ2n) is 7.38. The second kappa shape index (κ2) is 8.67. The summed E-state index contributed by atoms with van der Waals surface area (Å²) in [6.45, 7) is 5.02. The summed E-state index contributed by atoms with van der Waals surface area (Å²) < 4.78 is 8.00. The molecule has 6 nitrogen and oxygen atoms in total. The minimum absolute atomic E-state index is 0.0212. The Hall–Kier alpha value is -2.18. The average molecular weight is 368 g/mol. The van der Waals surface area contributed by atoms with Crippen molar-refractivity contribution in [3.05, 3.63) is 54.4 Å². The Balaban J connectivity index is 1.51. The fraction of sp³-hybridized carbons (Fsp3) is 0.524. The third-order valence-electron chi connectivity index (χ3n) is 5.56. The number of benzene rings is 1. The molecule has 27 heavy (non-hydrogen) atoms. The van der Waals surface area contributed by atoms with Crippen LogP contribution in [0.3, 0.4) is 0 Å². The van der Waals surface area contributed by atoms with Gasteiger partial charge < -0.3 is 14.5 Å². The number of aromatic nitrogens is 2. The topological polar surface area (TPSA) is 50.6 Å². The fourth-order valence-corrected chi connectivity index (χ4v) is 4.22. The summed E-state index contributed by atoms with van der Waals surface area (Å²) in [4.78, 5) is 17.6. The van der Waals surface area contributed by atoms with Gasteiger partial charge >= 0.3 is 0 Å². The van der Waals surface area contributed by atoms with Crippen molar-refractivity contribution in [2.45, 2.75) is 38.0 Å². The smallest absolute Gasteiger partial charge is 0.225 e. The van der Waals surface area contributed by atoms with Gasteiger partial charge in [-0.15, -0.1) is 0 Å². The summed E-state index contributed by atoms with van der Waals surface area (Å²) in [7, 11) is 0. The lowest BCUT2D eigenvalue weighted by atomic mass is 9.97. The Morgan fingerprint density at radius 2 is 1.93 bits per heavy atom. The van der Waals surface area contributed by atoms with Crippen molar-refractivity contribution < 1.29 is 9.53 Å². The largest absolute Gasteiger partial charge is 0.373 e. The van der Waals surface area contributed by atoms with Crippen LogP contribution in [0, 0.1) is 0 Å². The molecule has 0 unspecified atom stereocenters. The Morgan fingerprint density at radius 1 is 1.11 bits per heavy atom.